The Morgan fingerprint density at radius 1 is 1.28 bits per heavy atom. The van der Waals surface area contributed by atoms with Gasteiger partial charge in [-0.25, -0.2) is 9.37 Å². The number of nitrogens with one attached hydrogen (secondary N) is 2. The smallest absolute Gasteiger partial charge is 0.259 e. The third-order valence-electron chi connectivity index (χ3n) is 2.30. The first-order valence-corrected chi connectivity index (χ1v) is 5.25. The second kappa shape index (κ2) is 5.22. The van der Waals surface area contributed by atoms with Crippen molar-refractivity contribution < 1.29 is 9.18 Å². The number of amides is 1. The summed E-state index contributed by atoms with van der Waals surface area (Å²) in [6.07, 6.45) is 4.11. The molecule has 2 aromatic heterocycles. The van der Waals surface area contributed by atoms with E-state index in [1.165, 1.54) is 18.3 Å². The van der Waals surface area contributed by atoms with Gasteiger partial charge in [-0.05, 0) is 18.2 Å². The van der Waals surface area contributed by atoms with E-state index in [0.717, 1.165) is 6.20 Å². The fourth-order valence-corrected chi connectivity index (χ4v) is 1.43. The molecule has 18 heavy (non-hydrogen) atoms. The number of hydrogen-bond acceptors (Lipinski definition) is 4. The molecule has 0 aliphatic heterocycles. The van der Waals surface area contributed by atoms with E-state index < -0.39 is 5.82 Å². The molecule has 2 aromatic rings. The number of carbonyl (C=O) groups excluding carboxylic acids is 1. The first kappa shape index (κ1) is 12.0. The van der Waals surface area contributed by atoms with Gasteiger partial charge in [0.2, 0.25) is 0 Å². The standard InChI is InChI=1S/C12H11FN4O/c1-14-10-7-15-5-4-9(10)12(18)17-11-3-2-8(13)6-16-11/h2-7,14H,1H3,(H,16,17,18). The molecule has 0 saturated carbocycles. The molecule has 0 fully saturated rings. The Labute approximate surface area is 103 Å². The van der Waals surface area contributed by atoms with Crippen LogP contribution in [0.5, 0.6) is 0 Å². The van der Waals surface area contributed by atoms with Gasteiger partial charge in [-0.3, -0.25) is 9.78 Å². The van der Waals surface area contributed by atoms with E-state index in [-0.39, 0.29) is 5.91 Å². The van der Waals surface area contributed by atoms with Gasteiger partial charge in [0.25, 0.3) is 5.91 Å². The lowest BCUT2D eigenvalue weighted by molar-refractivity contribution is 0.102. The number of rotatable bonds is 3. The summed E-state index contributed by atoms with van der Waals surface area (Å²) in [5, 5.41) is 5.44. The van der Waals surface area contributed by atoms with E-state index >= 15 is 0 Å². The average Bonchev–Trinajstić information content (AvgIpc) is 2.41. The van der Waals surface area contributed by atoms with Gasteiger partial charge in [-0.1, -0.05) is 0 Å². The number of carbonyl (C=O) groups is 1. The molecule has 0 atom stereocenters. The quantitative estimate of drug-likeness (QED) is 0.868. The summed E-state index contributed by atoms with van der Waals surface area (Å²) in [7, 11) is 1.70. The van der Waals surface area contributed by atoms with Crippen LogP contribution in [-0.2, 0) is 0 Å². The zero-order chi connectivity index (χ0) is 13.0. The van der Waals surface area contributed by atoms with Crippen molar-refractivity contribution >= 4 is 17.4 Å². The van der Waals surface area contributed by atoms with Crippen molar-refractivity contribution in [2.24, 2.45) is 0 Å². The van der Waals surface area contributed by atoms with E-state index in [9.17, 15) is 9.18 Å². The average molecular weight is 246 g/mol. The topological polar surface area (TPSA) is 66.9 Å². The molecule has 92 valence electrons. The Kier molecular flexibility index (Phi) is 3.47. The zero-order valence-corrected chi connectivity index (χ0v) is 9.64. The molecule has 0 aliphatic carbocycles. The Hall–Kier alpha value is -2.50. The number of halogens is 1. The minimum Gasteiger partial charge on any atom is -0.386 e. The zero-order valence-electron chi connectivity index (χ0n) is 9.64. The van der Waals surface area contributed by atoms with Crippen LogP contribution < -0.4 is 10.6 Å². The maximum absolute atomic E-state index is 12.7. The highest BCUT2D eigenvalue weighted by Crippen LogP contribution is 2.14. The summed E-state index contributed by atoms with van der Waals surface area (Å²) >= 11 is 0. The third kappa shape index (κ3) is 2.60. The van der Waals surface area contributed by atoms with Crippen LogP contribution in [0.3, 0.4) is 0 Å². The van der Waals surface area contributed by atoms with E-state index in [1.807, 2.05) is 0 Å². The molecular weight excluding hydrogens is 235 g/mol. The molecule has 0 bridgehead atoms. The van der Waals surface area contributed by atoms with Gasteiger partial charge in [0.1, 0.15) is 11.6 Å². The van der Waals surface area contributed by atoms with Crippen molar-refractivity contribution in [1.82, 2.24) is 9.97 Å². The monoisotopic (exact) mass is 246 g/mol. The van der Waals surface area contributed by atoms with Gasteiger partial charge >= 0.3 is 0 Å². The lowest BCUT2D eigenvalue weighted by atomic mass is 10.2. The minimum atomic E-state index is -0.451. The highest BCUT2D eigenvalue weighted by atomic mass is 19.1. The molecule has 0 saturated heterocycles. The predicted molar refractivity (Wildman–Crippen MR) is 65.9 cm³/mol. The van der Waals surface area contributed by atoms with Crippen molar-refractivity contribution in [3.05, 3.63) is 48.2 Å². The molecule has 0 radical (unpaired) electrons. The molecule has 0 unspecified atom stereocenters. The maximum atomic E-state index is 12.7. The van der Waals surface area contributed by atoms with Crippen LogP contribution >= 0.6 is 0 Å². The van der Waals surface area contributed by atoms with E-state index in [0.29, 0.717) is 17.1 Å². The highest BCUT2D eigenvalue weighted by molar-refractivity contribution is 6.07. The fourth-order valence-electron chi connectivity index (χ4n) is 1.43. The van der Waals surface area contributed by atoms with Gasteiger partial charge in [-0.2, -0.15) is 0 Å². The lowest BCUT2D eigenvalue weighted by Crippen LogP contribution is -2.15. The summed E-state index contributed by atoms with van der Waals surface area (Å²) in [6, 6.07) is 4.21. The Bertz CT molecular complexity index is 556. The molecule has 0 aromatic carbocycles. The van der Waals surface area contributed by atoms with Crippen LogP contribution in [0, 0.1) is 5.82 Å². The van der Waals surface area contributed by atoms with Gasteiger partial charge < -0.3 is 10.6 Å². The Morgan fingerprint density at radius 3 is 2.78 bits per heavy atom. The maximum Gasteiger partial charge on any atom is 0.259 e. The molecule has 2 rings (SSSR count). The van der Waals surface area contributed by atoms with E-state index in [1.54, 1.807) is 19.3 Å². The first-order valence-electron chi connectivity index (χ1n) is 5.25. The van der Waals surface area contributed by atoms with Crippen LogP contribution in [0.25, 0.3) is 0 Å². The number of pyridine rings is 2. The number of aromatic nitrogens is 2. The van der Waals surface area contributed by atoms with Crippen molar-refractivity contribution in [2.45, 2.75) is 0 Å². The van der Waals surface area contributed by atoms with Crippen molar-refractivity contribution in [3.8, 4) is 0 Å². The largest absolute Gasteiger partial charge is 0.386 e. The Balaban J connectivity index is 2.19. The van der Waals surface area contributed by atoms with Crippen molar-refractivity contribution in [1.29, 1.82) is 0 Å². The molecule has 5 nitrogen and oxygen atoms in total. The van der Waals surface area contributed by atoms with Crippen molar-refractivity contribution in [3.63, 3.8) is 0 Å². The van der Waals surface area contributed by atoms with Crippen LogP contribution in [0.2, 0.25) is 0 Å². The second-order valence-electron chi connectivity index (χ2n) is 3.49. The summed E-state index contributed by atoms with van der Waals surface area (Å²) < 4.78 is 12.7. The van der Waals surface area contributed by atoms with Crippen molar-refractivity contribution in [2.75, 3.05) is 17.7 Å². The van der Waals surface area contributed by atoms with Crippen LogP contribution in [0.15, 0.2) is 36.8 Å². The summed E-state index contributed by atoms with van der Waals surface area (Å²) in [5.41, 5.74) is 1.05. The molecule has 2 N–H and O–H groups in total. The predicted octanol–water partition coefficient (Wildman–Crippen LogP) is 1.91. The SMILES string of the molecule is CNc1cnccc1C(=O)Nc1ccc(F)cn1. The van der Waals surface area contributed by atoms with E-state index in [2.05, 4.69) is 20.6 Å². The summed E-state index contributed by atoms with van der Waals surface area (Å²) in [6.45, 7) is 0. The molecule has 0 aliphatic rings. The third-order valence-corrected chi connectivity index (χ3v) is 2.30. The molecule has 6 heteroatoms. The Morgan fingerprint density at radius 2 is 2.11 bits per heavy atom. The van der Waals surface area contributed by atoms with Gasteiger partial charge in [0.05, 0.1) is 23.6 Å². The van der Waals surface area contributed by atoms with Crippen LogP contribution in [-0.4, -0.2) is 22.9 Å². The first-order chi connectivity index (χ1) is 8.70. The minimum absolute atomic E-state index is 0.292. The van der Waals surface area contributed by atoms with Gasteiger partial charge in [0.15, 0.2) is 0 Å². The molecule has 1 amide bonds. The van der Waals surface area contributed by atoms with Crippen LogP contribution in [0.1, 0.15) is 10.4 Å². The number of nitrogens with zero attached hydrogens (tertiary/aromatic N) is 2. The second-order valence-corrected chi connectivity index (χ2v) is 3.49. The van der Waals surface area contributed by atoms with Gasteiger partial charge in [0, 0.05) is 13.2 Å². The fraction of sp³-hybridized carbons (Fsp3) is 0.0833. The van der Waals surface area contributed by atoms with E-state index in [4.69, 9.17) is 0 Å². The highest BCUT2D eigenvalue weighted by Gasteiger charge is 2.11. The van der Waals surface area contributed by atoms with Gasteiger partial charge in [-0.15, -0.1) is 0 Å². The number of hydrogen-bond donors (Lipinski definition) is 2. The molecular formula is C12H11FN4O. The molecule has 0 spiro atoms. The summed E-state index contributed by atoms with van der Waals surface area (Å²) in [4.78, 5) is 19.6. The summed E-state index contributed by atoms with van der Waals surface area (Å²) in [5.74, 6) is -0.492. The lowest BCUT2D eigenvalue weighted by Gasteiger charge is -2.08. The molecule has 2 heterocycles. The normalized spacial score (nSPS) is 9.89. The van der Waals surface area contributed by atoms with Crippen LogP contribution in [0.4, 0.5) is 15.9 Å². The number of anilines is 2.